The third-order valence-corrected chi connectivity index (χ3v) is 7.46. The van der Waals surface area contributed by atoms with Crippen LogP contribution in [0.3, 0.4) is 0 Å². The van der Waals surface area contributed by atoms with E-state index in [-0.39, 0.29) is 28.9 Å². The van der Waals surface area contributed by atoms with Crippen LogP contribution in [-0.2, 0) is 21.4 Å². The number of rotatable bonds is 6. The molecule has 1 amide bonds. The van der Waals surface area contributed by atoms with E-state index in [1.54, 1.807) is 22.4 Å². The summed E-state index contributed by atoms with van der Waals surface area (Å²) >= 11 is 0. The molecule has 1 aromatic rings. The van der Waals surface area contributed by atoms with Crippen LogP contribution in [0.5, 0.6) is 0 Å². The van der Waals surface area contributed by atoms with Crippen LogP contribution in [0.2, 0.25) is 0 Å². The van der Waals surface area contributed by atoms with E-state index >= 15 is 0 Å². The molecule has 1 aliphatic carbocycles. The van der Waals surface area contributed by atoms with Gasteiger partial charge in [0.05, 0.1) is 18.0 Å². The van der Waals surface area contributed by atoms with E-state index < -0.39 is 10.0 Å². The van der Waals surface area contributed by atoms with Crippen molar-refractivity contribution >= 4 is 15.9 Å². The summed E-state index contributed by atoms with van der Waals surface area (Å²) in [5.74, 6) is 0.346. The lowest BCUT2D eigenvalue weighted by molar-refractivity contribution is -0.132. The van der Waals surface area contributed by atoms with Gasteiger partial charge in [-0.05, 0) is 36.3 Å². The minimum absolute atomic E-state index is 0.0551. The van der Waals surface area contributed by atoms with Gasteiger partial charge in [-0.3, -0.25) is 9.78 Å². The predicted octanol–water partition coefficient (Wildman–Crippen LogP) is 1.74. The van der Waals surface area contributed by atoms with E-state index in [2.05, 4.69) is 4.98 Å². The summed E-state index contributed by atoms with van der Waals surface area (Å²) in [6.07, 6.45) is 3.31. The van der Waals surface area contributed by atoms with Crippen molar-refractivity contribution < 1.29 is 13.2 Å². The Labute approximate surface area is 150 Å². The van der Waals surface area contributed by atoms with Gasteiger partial charge in [-0.25, -0.2) is 12.7 Å². The molecule has 3 rings (SSSR count). The molecule has 0 aromatic carbocycles. The van der Waals surface area contributed by atoms with Gasteiger partial charge in [-0.15, -0.1) is 0 Å². The van der Waals surface area contributed by atoms with Crippen LogP contribution in [0.25, 0.3) is 0 Å². The number of carbonyl (C=O) groups excluding carboxylic acids is 1. The Morgan fingerprint density at radius 3 is 2.84 bits per heavy atom. The highest BCUT2D eigenvalue weighted by Crippen LogP contribution is 2.59. The van der Waals surface area contributed by atoms with Gasteiger partial charge in [0.25, 0.3) is 0 Å². The molecule has 25 heavy (non-hydrogen) atoms. The van der Waals surface area contributed by atoms with E-state index in [0.717, 1.165) is 18.5 Å². The number of aromatic nitrogens is 1. The summed E-state index contributed by atoms with van der Waals surface area (Å²) in [7, 11) is -1.41. The Morgan fingerprint density at radius 1 is 1.44 bits per heavy atom. The lowest BCUT2D eigenvalue weighted by atomic mass is 10.0. The second kappa shape index (κ2) is 6.68. The third kappa shape index (κ3) is 3.87. The fraction of sp³-hybridized carbons (Fsp3) is 0.667. The lowest BCUT2D eigenvalue weighted by Gasteiger charge is -2.20. The summed E-state index contributed by atoms with van der Waals surface area (Å²) in [5, 5.41) is 0. The molecule has 1 saturated heterocycles. The predicted molar refractivity (Wildman–Crippen MR) is 96.1 cm³/mol. The average molecular weight is 365 g/mol. The molecule has 6 nitrogen and oxygen atoms in total. The maximum absolute atomic E-state index is 12.7. The minimum Gasteiger partial charge on any atom is -0.340 e. The van der Waals surface area contributed by atoms with Gasteiger partial charge in [0, 0.05) is 32.3 Å². The van der Waals surface area contributed by atoms with Crippen molar-refractivity contribution in [1.82, 2.24) is 14.2 Å². The van der Waals surface area contributed by atoms with E-state index in [1.165, 1.54) is 0 Å². The normalized spacial score (nSPS) is 26.3. The third-order valence-electron chi connectivity index (χ3n) is 5.28. The number of sulfonamides is 1. The van der Waals surface area contributed by atoms with E-state index in [1.807, 2.05) is 32.0 Å². The van der Waals surface area contributed by atoms with Crippen LogP contribution in [0.4, 0.5) is 0 Å². The van der Waals surface area contributed by atoms with Crippen molar-refractivity contribution in [3.05, 3.63) is 30.1 Å². The summed E-state index contributed by atoms with van der Waals surface area (Å²) in [5.41, 5.74) is 0.722. The summed E-state index contributed by atoms with van der Waals surface area (Å²) < 4.78 is 26.5. The molecule has 1 saturated carbocycles. The minimum atomic E-state index is -3.21. The Bertz CT molecular complexity index is 735. The number of pyridine rings is 1. The van der Waals surface area contributed by atoms with E-state index in [9.17, 15) is 13.2 Å². The van der Waals surface area contributed by atoms with Gasteiger partial charge < -0.3 is 4.90 Å². The van der Waals surface area contributed by atoms with Gasteiger partial charge in [0.2, 0.25) is 15.9 Å². The van der Waals surface area contributed by atoms with Crippen LogP contribution in [0.1, 0.15) is 32.4 Å². The van der Waals surface area contributed by atoms with Crippen molar-refractivity contribution in [2.75, 3.05) is 25.9 Å². The molecule has 1 spiro atoms. The zero-order valence-corrected chi connectivity index (χ0v) is 16.0. The molecule has 2 atom stereocenters. The topological polar surface area (TPSA) is 70.6 Å². The molecule has 2 aliphatic rings. The fourth-order valence-corrected chi connectivity index (χ4v) is 5.72. The zero-order valence-electron chi connectivity index (χ0n) is 15.2. The second-order valence-corrected chi connectivity index (χ2v) is 9.90. The largest absolute Gasteiger partial charge is 0.340 e. The molecule has 2 heterocycles. The average Bonchev–Trinajstić information content (AvgIpc) is 3.04. The highest BCUT2D eigenvalue weighted by Gasteiger charge is 2.62. The Morgan fingerprint density at radius 2 is 2.20 bits per heavy atom. The van der Waals surface area contributed by atoms with Crippen LogP contribution in [0.15, 0.2) is 24.4 Å². The number of carbonyl (C=O) groups is 1. The fourth-order valence-electron chi connectivity index (χ4n) is 3.85. The lowest BCUT2D eigenvalue weighted by Crippen LogP contribution is -2.34. The molecule has 1 aliphatic heterocycles. The molecule has 7 heteroatoms. The van der Waals surface area contributed by atoms with Crippen molar-refractivity contribution in [2.24, 2.45) is 17.3 Å². The van der Waals surface area contributed by atoms with Gasteiger partial charge in [0.1, 0.15) is 0 Å². The van der Waals surface area contributed by atoms with Crippen LogP contribution < -0.4 is 0 Å². The summed E-state index contributed by atoms with van der Waals surface area (Å²) in [4.78, 5) is 18.7. The standard InChI is InChI=1S/C18H27N3O3S/c1-14(2)12-25(23,24)21-9-7-18(13-21)10-16(18)17(22)20(3)11-15-6-4-5-8-19-15/h4-6,8,14,16H,7,9-13H2,1-3H3/t16-,18-/m1/s1. The Balaban J connectivity index is 1.59. The van der Waals surface area contributed by atoms with E-state index in [0.29, 0.717) is 19.6 Å². The molecular weight excluding hydrogens is 338 g/mol. The first-order valence-electron chi connectivity index (χ1n) is 8.86. The maximum atomic E-state index is 12.7. The SMILES string of the molecule is CC(C)CS(=O)(=O)N1CC[C@@]2(C[C@@H]2C(=O)N(C)Cc2ccccn2)C1. The first kappa shape index (κ1) is 18.3. The number of hydrogen-bond donors (Lipinski definition) is 0. The number of nitrogens with zero attached hydrogens (tertiary/aromatic N) is 3. The van der Waals surface area contributed by atoms with Crippen LogP contribution in [0, 0.1) is 17.3 Å². The second-order valence-electron chi connectivity index (χ2n) is 7.89. The first-order chi connectivity index (χ1) is 11.7. The highest BCUT2D eigenvalue weighted by molar-refractivity contribution is 7.89. The van der Waals surface area contributed by atoms with Gasteiger partial charge >= 0.3 is 0 Å². The Hall–Kier alpha value is -1.47. The van der Waals surface area contributed by atoms with Crippen LogP contribution in [-0.4, -0.2) is 54.4 Å². The molecule has 0 bridgehead atoms. The van der Waals surface area contributed by atoms with Crippen LogP contribution >= 0.6 is 0 Å². The first-order valence-corrected chi connectivity index (χ1v) is 10.5. The van der Waals surface area contributed by atoms with Gasteiger partial charge in [0.15, 0.2) is 0 Å². The number of hydrogen-bond acceptors (Lipinski definition) is 4. The molecule has 0 N–H and O–H groups in total. The van der Waals surface area contributed by atoms with Crippen molar-refractivity contribution in [3.8, 4) is 0 Å². The van der Waals surface area contributed by atoms with Gasteiger partial charge in [-0.1, -0.05) is 19.9 Å². The maximum Gasteiger partial charge on any atom is 0.226 e. The quantitative estimate of drug-likeness (QED) is 0.770. The smallest absolute Gasteiger partial charge is 0.226 e. The highest BCUT2D eigenvalue weighted by atomic mass is 32.2. The van der Waals surface area contributed by atoms with Crippen molar-refractivity contribution in [1.29, 1.82) is 0 Å². The monoisotopic (exact) mass is 365 g/mol. The zero-order chi connectivity index (χ0) is 18.2. The van der Waals surface area contributed by atoms with Crippen molar-refractivity contribution in [2.45, 2.75) is 33.2 Å². The number of amides is 1. The molecular formula is C18H27N3O3S. The molecule has 138 valence electrons. The molecule has 0 radical (unpaired) electrons. The van der Waals surface area contributed by atoms with Crippen molar-refractivity contribution in [3.63, 3.8) is 0 Å². The van der Waals surface area contributed by atoms with E-state index in [4.69, 9.17) is 0 Å². The molecule has 1 aromatic heterocycles. The van der Waals surface area contributed by atoms with Gasteiger partial charge in [-0.2, -0.15) is 0 Å². The molecule has 0 unspecified atom stereocenters. The summed E-state index contributed by atoms with van der Waals surface area (Å²) in [6.45, 7) is 5.36. The Kier molecular flexibility index (Phi) is 4.90. The molecule has 2 fully saturated rings. The summed E-state index contributed by atoms with van der Waals surface area (Å²) in [6, 6.07) is 5.67.